The monoisotopic (exact) mass is 311 g/mol. The van der Waals surface area contributed by atoms with E-state index in [2.05, 4.69) is 35.1 Å². The van der Waals surface area contributed by atoms with Crippen molar-refractivity contribution in [2.24, 2.45) is 5.41 Å². The molecule has 0 aliphatic rings. The van der Waals surface area contributed by atoms with Crippen LogP contribution in [-0.2, 0) is 0 Å². The van der Waals surface area contributed by atoms with E-state index in [9.17, 15) is 4.79 Å². The summed E-state index contributed by atoms with van der Waals surface area (Å²) in [7, 11) is 0. The smallest absolute Gasteiger partial charge is 0.251 e. The lowest BCUT2D eigenvalue weighted by molar-refractivity contribution is 0.0934. The van der Waals surface area contributed by atoms with Gasteiger partial charge >= 0.3 is 0 Å². The largest absolute Gasteiger partial charge is 0.351 e. The van der Waals surface area contributed by atoms with Crippen molar-refractivity contribution >= 4 is 21.8 Å². The van der Waals surface area contributed by atoms with Crippen LogP contribution in [0.15, 0.2) is 18.2 Å². The summed E-state index contributed by atoms with van der Waals surface area (Å²) in [5.74, 6) is 0.0354. The van der Waals surface area contributed by atoms with E-state index < -0.39 is 0 Å². The topological polar surface area (TPSA) is 29.1 Å². The SMILES string of the molecule is Cc1cccc(C)c1C(=O)NCC(C)(C)CCBr. The zero-order valence-electron chi connectivity index (χ0n) is 11.6. The summed E-state index contributed by atoms with van der Waals surface area (Å²) in [4.78, 5) is 12.2. The number of rotatable bonds is 5. The highest BCUT2D eigenvalue weighted by atomic mass is 79.9. The molecule has 1 aromatic rings. The molecule has 3 heteroatoms. The van der Waals surface area contributed by atoms with Crippen molar-refractivity contribution in [1.82, 2.24) is 5.32 Å². The van der Waals surface area contributed by atoms with Gasteiger partial charge in [0.1, 0.15) is 0 Å². The normalized spacial score (nSPS) is 11.4. The highest BCUT2D eigenvalue weighted by molar-refractivity contribution is 9.09. The molecule has 0 saturated carbocycles. The van der Waals surface area contributed by atoms with Crippen molar-refractivity contribution in [3.63, 3.8) is 0 Å². The van der Waals surface area contributed by atoms with Crippen molar-refractivity contribution in [3.05, 3.63) is 34.9 Å². The second kappa shape index (κ2) is 6.37. The lowest BCUT2D eigenvalue weighted by Gasteiger charge is -2.24. The van der Waals surface area contributed by atoms with E-state index in [1.54, 1.807) is 0 Å². The molecule has 1 rings (SSSR count). The van der Waals surface area contributed by atoms with Crippen molar-refractivity contribution in [3.8, 4) is 0 Å². The third-order valence-electron chi connectivity index (χ3n) is 3.21. The second-order valence-corrected chi connectivity index (χ2v) is 6.35. The molecule has 0 radical (unpaired) electrons. The zero-order chi connectivity index (χ0) is 13.8. The quantitative estimate of drug-likeness (QED) is 0.822. The van der Waals surface area contributed by atoms with Gasteiger partial charge < -0.3 is 5.32 Å². The number of carbonyl (C=O) groups excluding carboxylic acids is 1. The highest BCUT2D eigenvalue weighted by Crippen LogP contribution is 2.20. The predicted molar refractivity (Wildman–Crippen MR) is 80.4 cm³/mol. The molecule has 2 nitrogen and oxygen atoms in total. The molecule has 1 aromatic carbocycles. The van der Waals surface area contributed by atoms with Crippen LogP contribution in [0.25, 0.3) is 0 Å². The van der Waals surface area contributed by atoms with Crippen LogP contribution in [0.4, 0.5) is 0 Å². The molecule has 0 atom stereocenters. The fraction of sp³-hybridized carbons (Fsp3) is 0.533. The van der Waals surface area contributed by atoms with Crippen LogP contribution in [0.1, 0.15) is 41.8 Å². The Balaban J connectivity index is 2.72. The fourth-order valence-electron chi connectivity index (χ4n) is 1.92. The summed E-state index contributed by atoms with van der Waals surface area (Å²) >= 11 is 3.45. The first-order valence-corrected chi connectivity index (χ1v) is 7.40. The molecule has 0 heterocycles. The molecule has 0 unspecified atom stereocenters. The second-order valence-electron chi connectivity index (χ2n) is 5.55. The van der Waals surface area contributed by atoms with Gasteiger partial charge in [0.05, 0.1) is 0 Å². The third kappa shape index (κ3) is 4.13. The molecule has 1 amide bonds. The predicted octanol–water partition coefficient (Wildman–Crippen LogP) is 3.84. The molecule has 18 heavy (non-hydrogen) atoms. The standard InChI is InChI=1S/C15H22BrNO/c1-11-6-5-7-12(2)13(11)14(18)17-10-15(3,4)8-9-16/h5-7H,8-10H2,1-4H3,(H,17,18). The molecule has 0 bridgehead atoms. The van der Waals surface area contributed by atoms with Crippen LogP contribution < -0.4 is 5.32 Å². The number of benzene rings is 1. The number of carbonyl (C=O) groups is 1. The van der Waals surface area contributed by atoms with E-state index in [4.69, 9.17) is 0 Å². The van der Waals surface area contributed by atoms with Gasteiger partial charge in [0.2, 0.25) is 0 Å². The number of hydrogen-bond donors (Lipinski definition) is 1. The van der Waals surface area contributed by atoms with Gasteiger partial charge in [-0.1, -0.05) is 48.0 Å². The van der Waals surface area contributed by atoms with Gasteiger partial charge in [0.15, 0.2) is 0 Å². The van der Waals surface area contributed by atoms with Crippen molar-refractivity contribution in [2.75, 3.05) is 11.9 Å². The van der Waals surface area contributed by atoms with Crippen LogP contribution in [0.2, 0.25) is 0 Å². The first kappa shape index (κ1) is 15.2. The molecule has 0 aromatic heterocycles. The Kier molecular flexibility index (Phi) is 5.39. The summed E-state index contributed by atoms with van der Waals surface area (Å²) in [6, 6.07) is 5.94. The van der Waals surface area contributed by atoms with Gasteiger partial charge in [0.25, 0.3) is 5.91 Å². The van der Waals surface area contributed by atoms with Crippen LogP contribution >= 0.6 is 15.9 Å². The van der Waals surface area contributed by atoms with E-state index in [1.165, 1.54) is 0 Å². The maximum atomic E-state index is 12.2. The fourth-order valence-corrected chi connectivity index (χ4v) is 3.00. The number of nitrogens with one attached hydrogen (secondary N) is 1. The van der Waals surface area contributed by atoms with Gasteiger partial charge in [-0.05, 0) is 36.8 Å². The summed E-state index contributed by atoms with van der Waals surface area (Å²) in [6.07, 6.45) is 1.04. The summed E-state index contributed by atoms with van der Waals surface area (Å²) < 4.78 is 0. The molecular formula is C15H22BrNO. The molecule has 0 fully saturated rings. The lowest BCUT2D eigenvalue weighted by atomic mass is 9.90. The zero-order valence-corrected chi connectivity index (χ0v) is 13.2. The Morgan fingerprint density at radius 1 is 1.28 bits per heavy atom. The number of alkyl halides is 1. The highest BCUT2D eigenvalue weighted by Gasteiger charge is 2.19. The average molecular weight is 312 g/mol. The first-order valence-electron chi connectivity index (χ1n) is 6.28. The first-order chi connectivity index (χ1) is 8.37. The summed E-state index contributed by atoms with van der Waals surface area (Å²) in [5, 5.41) is 4.00. The Morgan fingerprint density at radius 2 is 1.83 bits per heavy atom. The minimum Gasteiger partial charge on any atom is -0.351 e. The van der Waals surface area contributed by atoms with E-state index in [1.807, 2.05) is 32.0 Å². The number of amides is 1. The van der Waals surface area contributed by atoms with E-state index >= 15 is 0 Å². The third-order valence-corrected chi connectivity index (χ3v) is 3.60. The lowest BCUT2D eigenvalue weighted by Crippen LogP contribution is -2.34. The van der Waals surface area contributed by atoms with Crippen molar-refractivity contribution < 1.29 is 4.79 Å². The Hall–Kier alpha value is -0.830. The van der Waals surface area contributed by atoms with Crippen molar-refractivity contribution in [2.45, 2.75) is 34.1 Å². The molecule has 0 aliphatic heterocycles. The van der Waals surface area contributed by atoms with Crippen LogP contribution in [-0.4, -0.2) is 17.8 Å². The van der Waals surface area contributed by atoms with Crippen molar-refractivity contribution in [1.29, 1.82) is 0 Å². The number of hydrogen-bond acceptors (Lipinski definition) is 1. The molecule has 100 valence electrons. The Bertz CT molecular complexity index is 406. The summed E-state index contributed by atoms with van der Waals surface area (Å²) in [5.41, 5.74) is 3.00. The van der Waals surface area contributed by atoms with Crippen LogP contribution in [0, 0.1) is 19.3 Å². The van der Waals surface area contributed by atoms with Gasteiger partial charge in [-0.2, -0.15) is 0 Å². The van der Waals surface area contributed by atoms with Crippen LogP contribution in [0.3, 0.4) is 0 Å². The average Bonchev–Trinajstić information content (AvgIpc) is 2.26. The number of aryl methyl sites for hydroxylation is 2. The minimum atomic E-state index is 0.0354. The molecule has 0 aliphatic carbocycles. The van der Waals surface area contributed by atoms with E-state index in [0.29, 0.717) is 6.54 Å². The Morgan fingerprint density at radius 3 is 2.33 bits per heavy atom. The Labute approximate surface area is 118 Å². The van der Waals surface area contributed by atoms with E-state index in [-0.39, 0.29) is 11.3 Å². The van der Waals surface area contributed by atoms with E-state index in [0.717, 1.165) is 28.4 Å². The van der Waals surface area contributed by atoms with Gasteiger partial charge in [-0.3, -0.25) is 4.79 Å². The van der Waals surface area contributed by atoms with Gasteiger partial charge in [0, 0.05) is 17.4 Å². The molecule has 0 saturated heterocycles. The maximum Gasteiger partial charge on any atom is 0.251 e. The molecular weight excluding hydrogens is 290 g/mol. The van der Waals surface area contributed by atoms with Gasteiger partial charge in [-0.15, -0.1) is 0 Å². The van der Waals surface area contributed by atoms with Gasteiger partial charge in [-0.25, -0.2) is 0 Å². The molecule has 1 N–H and O–H groups in total. The molecule has 0 spiro atoms. The number of halogens is 1. The maximum absolute atomic E-state index is 12.2. The summed E-state index contributed by atoms with van der Waals surface area (Å²) in [6.45, 7) is 8.99. The van der Waals surface area contributed by atoms with Crippen LogP contribution in [0.5, 0.6) is 0 Å². The minimum absolute atomic E-state index is 0.0354.